The Bertz CT molecular complexity index is 1320. The Balaban J connectivity index is 1.28. The fraction of sp³-hybridized carbons (Fsp3) is 0.290. The van der Waals surface area contributed by atoms with Gasteiger partial charge < -0.3 is 10.2 Å². The molecule has 5 heteroatoms. The molecule has 1 aromatic heterocycles. The Morgan fingerprint density at radius 3 is 2.17 bits per heavy atom. The highest BCUT2D eigenvalue weighted by Gasteiger charge is 2.45. The van der Waals surface area contributed by atoms with Crippen molar-refractivity contribution in [1.29, 1.82) is 0 Å². The first-order valence-corrected chi connectivity index (χ1v) is 12.6. The number of hydrogen-bond acceptors (Lipinski definition) is 3. The average Bonchev–Trinajstić information content (AvgIpc) is 3.56. The van der Waals surface area contributed by atoms with E-state index in [0.717, 1.165) is 59.2 Å². The van der Waals surface area contributed by atoms with Gasteiger partial charge in [0.25, 0.3) is 0 Å². The smallest absolute Gasteiger partial charge is 0.304 e. The van der Waals surface area contributed by atoms with Crippen molar-refractivity contribution >= 4 is 5.97 Å². The fourth-order valence-electron chi connectivity index (χ4n) is 5.21. The summed E-state index contributed by atoms with van der Waals surface area (Å²) in [7, 11) is 1.88. The van der Waals surface area contributed by atoms with Crippen molar-refractivity contribution in [1.82, 2.24) is 9.78 Å². The van der Waals surface area contributed by atoms with Crippen molar-refractivity contribution in [3.8, 4) is 22.3 Å². The van der Waals surface area contributed by atoms with E-state index in [0.29, 0.717) is 6.42 Å². The van der Waals surface area contributed by atoms with Gasteiger partial charge in [0.1, 0.15) is 0 Å². The van der Waals surface area contributed by atoms with Gasteiger partial charge in [-0.15, -0.1) is 0 Å². The summed E-state index contributed by atoms with van der Waals surface area (Å²) in [6.07, 6.45) is 5.86. The molecule has 4 aromatic rings. The van der Waals surface area contributed by atoms with Crippen LogP contribution in [0.15, 0.2) is 85.1 Å². The second-order valence-corrected chi connectivity index (χ2v) is 9.97. The number of benzene rings is 3. The number of hydrogen-bond donors (Lipinski definition) is 2. The predicted octanol–water partition coefficient (Wildman–Crippen LogP) is 6.32. The lowest BCUT2D eigenvalue weighted by molar-refractivity contribution is -0.137. The van der Waals surface area contributed by atoms with Crippen LogP contribution in [0.1, 0.15) is 55.0 Å². The molecule has 1 aliphatic rings. The van der Waals surface area contributed by atoms with Crippen LogP contribution in [-0.2, 0) is 23.7 Å². The minimum absolute atomic E-state index is 0.174. The topological polar surface area (TPSA) is 75.4 Å². The summed E-state index contributed by atoms with van der Waals surface area (Å²) < 4.78 is 1.78. The lowest BCUT2D eigenvalue weighted by Crippen LogP contribution is -2.12. The van der Waals surface area contributed by atoms with Crippen molar-refractivity contribution in [3.63, 3.8) is 0 Å². The van der Waals surface area contributed by atoms with Crippen LogP contribution in [0.2, 0.25) is 0 Å². The largest absolute Gasteiger partial charge is 0.481 e. The van der Waals surface area contributed by atoms with Gasteiger partial charge in [0.05, 0.1) is 24.4 Å². The van der Waals surface area contributed by atoms with Crippen LogP contribution in [0.25, 0.3) is 22.3 Å². The highest BCUT2D eigenvalue weighted by molar-refractivity contribution is 5.73. The molecule has 3 aromatic carbocycles. The molecule has 5 nitrogen and oxygen atoms in total. The maximum absolute atomic E-state index is 11.2. The van der Waals surface area contributed by atoms with E-state index in [-0.39, 0.29) is 11.8 Å². The summed E-state index contributed by atoms with van der Waals surface area (Å²) in [5.41, 5.74) is 7.25. The van der Waals surface area contributed by atoms with Crippen LogP contribution >= 0.6 is 0 Å². The summed E-state index contributed by atoms with van der Waals surface area (Å²) in [6.45, 7) is 0. The number of aromatic nitrogens is 2. The number of aliphatic hydroxyl groups excluding tert-OH is 1. The van der Waals surface area contributed by atoms with Crippen molar-refractivity contribution in [2.24, 2.45) is 7.05 Å². The van der Waals surface area contributed by atoms with Gasteiger partial charge in [-0.05, 0) is 59.9 Å². The first-order valence-electron chi connectivity index (χ1n) is 12.6. The molecule has 5 rings (SSSR count). The number of aliphatic hydroxyl groups is 1. The summed E-state index contributed by atoms with van der Waals surface area (Å²) in [6, 6.07) is 27.0. The molecule has 1 aliphatic carbocycles. The van der Waals surface area contributed by atoms with E-state index in [1.165, 1.54) is 5.56 Å². The highest BCUT2D eigenvalue weighted by atomic mass is 16.4. The molecule has 0 saturated heterocycles. The Kier molecular flexibility index (Phi) is 6.75. The standard InChI is InChI=1S/C31H32N2O3/c1-33-30(28(34)9-5-8-22-6-3-2-4-7-22)27(21-32-33)25-12-10-23(11-13-25)24-14-16-26(17-15-24)31(18-19-31)20-29(35)36/h2-4,6-7,10-17,21,28,34H,5,8-9,18-20H2,1H3,(H,35,36). The van der Waals surface area contributed by atoms with Gasteiger partial charge in [-0.1, -0.05) is 78.9 Å². The Labute approximate surface area is 212 Å². The molecule has 1 atom stereocenters. The maximum Gasteiger partial charge on any atom is 0.304 e. The molecule has 2 N–H and O–H groups in total. The normalized spacial score (nSPS) is 14.9. The number of nitrogens with zero attached hydrogens (tertiary/aromatic N) is 2. The summed E-state index contributed by atoms with van der Waals surface area (Å²) in [5, 5.41) is 24.7. The van der Waals surface area contributed by atoms with E-state index in [4.69, 9.17) is 0 Å². The van der Waals surface area contributed by atoms with Gasteiger partial charge in [-0.3, -0.25) is 9.48 Å². The number of carboxylic acids is 1. The summed E-state index contributed by atoms with van der Waals surface area (Å²) in [5.74, 6) is -0.733. The zero-order chi connectivity index (χ0) is 25.1. The molecule has 36 heavy (non-hydrogen) atoms. The van der Waals surface area contributed by atoms with Crippen molar-refractivity contribution in [2.45, 2.75) is 50.0 Å². The van der Waals surface area contributed by atoms with Crippen LogP contribution < -0.4 is 0 Å². The highest BCUT2D eigenvalue weighted by Crippen LogP contribution is 2.51. The van der Waals surface area contributed by atoms with Crippen LogP contribution in [0.5, 0.6) is 0 Å². The fourth-order valence-corrected chi connectivity index (χ4v) is 5.21. The third-order valence-corrected chi connectivity index (χ3v) is 7.46. The second-order valence-electron chi connectivity index (χ2n) is 9.97. The summed E-state index contributed by atoms with van der Waals surface area (Å²) >= 11 is 0. The lowest BCUT2D eigenvalue weighted by atomic mass is 9.90. The van der Waals surface area contributed by atoms with E-state index in [2.05, 4.69) is 65.8 Å². The number of carbonyl (C=O) groups is 1. The Morgan fingerprint density at radius 2 is 1.56 bits per heavy atom. The zero-order valence-electron chi connectivity index (χ0n) is 20.6. The average molecular weight is 481 g/mol. The number of aryl methyl sites for hydroxylation is 2. The number of aliphatic carboxylic acids is 1. The number of carboxylic acid groups (broad SMARTS) is 1. The second kappa shape index (κ2) is 10.1. The van der Waals surface area contributed by atoms with E-state index in [9.17, 15) is 15.0 Å². The summed E-state index contributed by atoms with van der Waals surface area (Å²) in [4.78, 5) is 11.2. The maximum atomic E-state index is 11.2. The van der Waals surface area contributed by atoms with Crippen molar-refractivity contribution in [3.05, 3.63) is 102 Å². The third kappa shape index (κ3) is 5.12. The molecule has 1 fully saturated rings. The monoisotopic (exact) mass is 480 g/mol. The Hall–Kier alpha value is -3.70. The SMILES string of the molecule is Cn1ncc(-c2ccc(-c3ccc(C4(CC(=O)O)CC4)cc3)cc2)c1C(O)CCCc1ccccc1. The van der Waals surface area contributed by atoms with Crippen LogP contribution in [0, 0.1) is 0 Å². The molecule has 0 bridgehead atoms. The van der Waals surface area contributed by atoms with Crippen molar-refractivity contribution in [2.75, 3.05) is 0 Å². The molecule has 0 spiro atoms. The number of rotatable bonds is 10. The molecule has 1 saturated carbocycles. The van der Waals surface area contributed by atoms with Gasteiger partial charge in [0.2, 0.25) is 0 Å². The zero-order valence-corrected chi connectivity index (χ0v) is 20.6. The van der Waals surface area contributed by atoms with Crippen LogP contribution in [-0.4, -0.2) is 26.0 Å². The molecule has 0 amide bonds. The minimum atomic E-state index is -0.733. The van der Waals surface area contributed by atoms with E-state index in [1.807, 2.05) is 31.4 Å². The predicted molar refractivity (Wildman–Crippen MR) is 142 cm³/mol. The molecule has 1 heterocycles. The molecular formula is C31H32N2O3. The quantitative estimate of drug-likeness (QED) is 0.279. The van der Waals surface area contributed by atoms with Crippen molar-refractivity contribution < 1.29 is 15.0 Å². The minimum Gasteiger partial charge on any atom is -0.481 e. The van der Waals surface area contributed by atoms with Gasteiger partial charge in [-0.25, -0.2) is 0 Å². The molecule has 0 aliphatic heterocycles. The third-order valence-electron chi connectivity index (χ3n) is 7.46. The molecular weight excluding hydrogens is 448 g/mol. The Morgan fingerprint density at radius 1 is 0.944 bits per heavy atom. The molecule has 0 radical (unpaired) electrons. The van der Waals surface area contributed by atoms with Crippen LogP contribution in [0.4, 0.5) is 0 Å². The van der Waals surface area contributed by atoms with Gasteiger partial charge in [0, 0.05) is 18.0 Å². The van der Waals surface area contributed by atoms with E-state index < -0.39 is 12.1 Å². The van der Waals surface area contributed by atoms with E-state index in [1.54, 1.807) is 4.68 Å². The molecule has 184 valence electrons. The lowest BCUT2D eigenvalue weighted by Gasteiger charge is -2.15. The first kappa shape index (κ1) is 24.0. The van der Waals surface area contributed by atoms with Gasteiger partial charge >= 0.3 is 5.97 Å². The van der Waals surface area contributed by atoms with Crippen LogP contribution in [0.3, 0.4) is 0 Å². The first-order chi connectivity index (χ1) is 17.4. The van der Waals surface area contributed by atoms with Gasteiger partial charge in [-0.2, -0.15) is 5.10 Å². The van der Waals surface area contributed by atoms with Gasteiger partial charge in [0.15, 0.2) is 0 Å². The van der Waals surface area contributed by atoms with E-state index >= 15 is 0 Å². The molecule has 1 unspecified atom stereocenters.